The van der Waals surface area contributed by atoms with E-state index < -0.39 is 15.4 Å². The summed E-state index contributed by atoms with van der Waals surface area (Å²) in [4.78, 5) is 24.4. The molecule has 1 aliphatic rings. The Labute approximate surface area is 237 Å². The standard InChI is InChI=1S/C27H34IN5O4S/c1-18-9-10-22-21(15-18)25(29-17-27(3,4)32-24(34)11-13-37-19(2)28)31-26(30-22)33-12-14-38(35,36)23-8-6-5-7-20(23)16-33/h5-10,15,19H,11-14,16-17H2,1-4H3,(H,32,34)(H,29,30,31). The number of anilines is 2. The molecular formula is C27H34IN5O4S. The van der Waals surface area contributed by atoms with Crippen molar-refractivity contribution in [2.24, 2.45) is 0 Å². The molecule has 0 spiro atoms. The lowest BCUT2D eigenvalue weighted by Gasteiger charge is -2.28. The molecule has 1 aliphatic heterocycles. The third kappa shape index (κ3) is 7.11. The van der Waals surface area contributed by atoms with Crippen molar-refractivity contribution in [3.05, 3.63) is 53.6 Å². The lowest BCUT2D eigenvalue weighted by Crippen LogP contribution is -2.48. The minimum atomic E-state index is -3.39. The highest BCUT2D eigenvalue weighted by atomic mass is 127. The summed E-state index contributed by atoms with van der Waals surface area (Å²) in [5.74, 6) is 1.00. The molecule has 3 aromatic rings. The van der Waals surface area contributed by atoms with E-state index in [1.54, 1.807) is 12.1 Å². The number of aromatic nitrogens is 2. The molecule has 38 heavy (non-hydrogen) atoms. The van der Waals surface area contributed by atoms with E-state index in [4.69, 9.17) is 14.7 Å². The highest BCUT2D eigenvalue weighted by Gasteiger charge is 2.27. The summed E-state index contributed by atoms with van der Waals surface area (Å²) in [6.07, 6.45) is 0.288. The first-order valence-corrected chi connectivity index (χ1v) is 15.5. The van der Waals surface area contributed by atoms with Crippen molar-refractivity contribution in [1.29, 1.82) is 0 Å². The number of carbonyl (C=O) groups excluding carboxylic acids is 1. The number of hydrogen-bond acceptors (Lipinski definition) is 8. The van der Waals surface area contributed by atoms with Crippen molar-refractivity contribution in [2.45, 2.75) is 55.2 Å². The van der Waals surface area contributed by atoms with Gasteiger partial charge in [-0.15, -0.1) is 0 Å². The fourth-order valence-electron chi connectivity index (χ4n) is 4.34. The molecule has 2 aromatic carbocycles. The van der Waals surface area contributed by atoms with Crippen molar-refractivity contribution >= 4 is 61.0 Å². The Hall–Kier alpha value is -2.51. The van der Waals surface area contributed by atoms with Crippen LogP contribution in [0.4, 0.5) is 11.8 Å². The van der Waals surface area contributed by atoms with E-state index in [2.05, 4.69) is 33.2 Å². The van der Waals surface area contributed by atoms with E-state index in [9.17, 15) is 13.2 Å². The number of fused-ring (bicyclic) bond motifs is 2. The van der Waals surface area contributed by atoms with Crippen LogP contribution in [-0.4, -0.2) is 59.4 Å². The van der Waals surface area contributed by atoms with Gasteiger partial charge in [-0.1, -0.05) is 52.4 Å². The van der Waals surface area contributed by atoms with E-state index in [1.165, 1.54) is 0 Å². The van der Waals surface area contributed by atoms with E-state index in [1.807, 2.05) is 62.9 Å². The maximum Gasteiger partial charge on any atom is 0.228 e. The van der Waals surface area contributed by atoms with Gasteiger partial charge in [-0.05, 0) is 51.5 Å². The van der Waals surface area contributed by atoms with Gasteiger partial charge >= 0.3 is 0 Å². The SMILES string of the molecule is Cc1ccc2nc(N3CCS(=O)(=O)c4ccccc4C3)nc(NCC(C)(C)NC(=O)CCOC(C)I)c2c1. The Morgan fingerprint density at radius 2 is 1.97 bits per heavy atom. The largest absolute Gasteiger partial charge is 0.368 e. The molecule has 1 unspecified atom stereocenters. The zero-order chi connectivity index (χ0) is 27.5. The number of carbonyl (C=O) groups is 1. The van der Waals surface area contributed by atoms with Gasteiger partial charge in [-0.2, -0.15) is 4.98 Å². The summed E-state index contributed by atoms with van der Waals surface area (Å²) >= 11 is 2.16. The van der Waals surface area contributed by atoms with E-state index >= 15 is 0 Å². The van der Waals surface area contributed by atoms with Crippen molar-refractivity contribution in [3.63, 3.8) is 0 Å². The number of sulfone groups is 1. The van der Waals surface area contributed by atoms with Crippen LogP contribution in [0.3, 0.4) is 0 Å². The van der Waals surface area contributed by atoms with Crippen molar-refractivity contribution < 1.29 is 17.9 Å². The van der Waals surface area contributed by atoms with Crippen LogP contribution < -0.4 is 15.5 Å². The molecule has 1 amide bonds. The predicted molar refractivity (Wildman–Crippen MR) is 159 cm³/mol. The van der Waals surface area contributed by atoms with Crippen LogP contribution in [0.15, 0.2) is 47.4 Å². The molecule has 0 aliphatic carbocycles. The second-order valence-electron chi connectivity index (χ2n) is 10.2. The smallest absolute Gasteiger partial charge is 0.228 e. The first kappa shape index (κ1) is 28.5. The van der Waals surface area contributed by atoms with Gasteiger partial charge in [-0.25, -0.2) is 13.4 Å². The summed E-state index contributed by atoms with van der Waals surface area (Å²) < 4.78 is 31.3. The Morgan fingerprint density at radius 3 is 2.74 bits per heavy atom. The number of alkyl halides is 1. The second kappa shape index (κ2) is 11.7. The van der Waals surface area contributed by atoms with Gasteiger partial charge in [0.2, 0.25) is 11.9 Å². The molecular weight excluding hydrogens is 617 g/mol. The molecule has 0 saturated heterocycles. The minimum Gasteiger partial charge on any atom is -0.368 e. The molecule has 2 N–H and O–H groups in total. The van der Waals surface area contributed by atoms with Gasteiger partial charge in [-0.3, -0.25) is 4.79 Å². The lowest BCUT2D eigenvalue weighted by atomic mass is 10.1. The monoisotopic (exact) mass is 651 g/mol. The normalized spacial score (nSPS) is 16.0. The van der Waals surface area contributed by atoms with Crippen molar-refractivity contribution in [2.75, 3.05) is 35.7 Å². The van der Waals surface area contributed by atoms with E-state index in [0.717, 1.165) is 22.0 Å². The van der Waals surface area contributed by atoms with Crippen LogP contribution in [0, 0.1) is 6.92 Å². The van der Waals surface area contributed by atoms with Crippen LogP contribution >= 0.6 is 22.6 Å². The predicted octanol–water partition coefficient (Wildman–Crippen LogP) is 4.23. The van der Waals surface area contributed by atoms with E-state index in [0.29, 0.717) is 36.4 Å². The molecule has 204 valence electrons. The third-order valence-electron chi connectivity index (χ3n) is 6.27. The third-order valence-corrected chi connectivity index (χ3v) is 8.42. The minimum absolute atomic E-state index is 0.0127. The molecule has 0 fully saturated rings. The molecule has 1 atom stereocenters. The van der Waals surface area contributed by atoms with Gasteiger partial charge in [0.1, 0.15) is 9.93 Å². The lowest BCUT2D eigenvalue weighted by molar-refractivity contribution is -0.123. The average Bonchev–Trinajstić information content (AvgIpc) is 2.98. The number of amides is 1. The fraction of sp³-hybridized carbons (Fsp3) is 0.444. The first-order chi connectivity index (χ1) is 17.9. The topological polar surface area (TPSA) is 114 Å². The summed E-state index contributed by atoms with van der Waals surface area (Å²) in [6.45, 7) is 9.32. The van der Waals surface area contributed by atoms with Gasteiger partial charge in [0.05, 0.1) is 34.7 Å². The number of nitrogens with one attached hydrogen (secondary N) is 2. The quantitative estimate of drug-likeness (QED) is 0.261. The Kier molecular flexibility index (Phi) is 8.78. The van der Waals surface area contributed by atoms with E-state index in [-0.39, 0.29) is 28.7 Å². The van der Waals surface area contributed by atoms with Gasteiger partial charge in [0, 0.05) is 25.0 Å². The van der Waals surface area contributed by atoms with Crippen LogP contribution in [0.5, 0.6) is 0 Å². The summed E-state index contributed by atoms with van der Waals surface area (Å²) in [5.41, 5.74) is 2.01. The number of nitrogens with zero attached hydrogens (tertiary/aromatic N) is 3. The number of rotatable bonds is 9. The van der Waals surface area contributed by atoms with Crippen molar-refractivity contribution in [1.82, 2.24) is 15.3 Å². The Bertz CT molecular complexity index is 1430. The maximum absolute atomic E-state index is 12.9. The summed E-state index contributed by atoms with van der Waals surface area (Å²) in [7, 11) is -3.39. The summed E-state index contributed by atoms with van der Waals surface area (Å²) in [6, 6.07) is 13.1. The molecule has 4 rings (SSSR count). The molecule has 0 saturated carbocycles. The number of halogens is 1. The first-order valence-electron chi connectivity index (χ1n) is 12.6. The number of hydrogen-bond donors (Lipinski definition) is 2. The van der Waals surface area contributed by atoms with Crippen LogP contribution in [0.1, 0.15) is 38.3 Å². The fourth-order valence-corrected chi connectivity index (χ4v) is 6.10. The highest BCUT2D eigenvalue weighted by molar-refractivity contribution is 14.1. The highest BCUT2D eigenvalue weighted by Crippen LogP contribution is 2.29. The molecule has 1 aromatic heterocycles. The molecule has 9 nitrogen and oxygen atoms in total. The number of aryl methyl sites for hydroxylation is 1. The van der Waals surface area contributed by atoms with Crippen molar-refractivity contribution in [3.8, 4) is 0 Å². The van der Waals surface area contributed by atoms with Crippen LogP contribution in [0.2, 0.25) is 0 Å². The molecule has 2 heterocycles. The van der Waals surface area contributed by atoms with Crippen LogP contribution in [-0.2, 0) is 25.9 Å². The van der Waals surface area contributed by atoms with Crippen LogP contribution in [0.25, 0.3) is 10.9 Å². The Morgan fingerprint density at radius 1 is 1.21 bits per heavy atom. The molecule has 0 radical (unpaired) electrons. The maximum atomic E-state index is 12.9. The molecule has 11 heteroatoms. The van der Waals surface area contributed by atoms with Gasteiger partial charge in [0.15, 0.2) is 9.84 Å². The number of benzene rings is 2. The van der Waals surface area contributed by atoms with Gasteiger partial charge in [0.25, 0.3) is 0 Å². The zero-order valence-electron chi connectivity index (χ0n) is 22.1. The Balaban J connectivity index is 1.58. The zero-order valence-corrected chi connectivity index (χ0v) is 25.1. The van der Waals surface area contributed by atoms with Gasteiger partial charge < -0.3 is 20.3 Å². The second-order valence-corrected chi connectivity index (χ2v) is 14.0. The average molecular weight is 652 g/mol. The molecule has 0 bridgehead atoms. The summed E-state index contributed by atoms with van der Waals surface area (Å²) in [5, 5.41) is 7.35. The number of ether oxygens (including phenoxy) is 1.